The van der Waals surface area contributed by atoms with Gasteiger partial charge in [0.2, 0.25) is 0 Å². The van der Waals surface area contributed by atoms with Gasteiger partial charge in [-0.1, -0.05) is 50.5 Å². The molecule has 1 unspecified atom stereocenters. The molecule has 0 saturated heterocycles. The number of likely N-dealkylation sites (N-methyl/N-ethyl adjacent to an activating group) is 2. The van der Waals surface area contributed by atoms with Crippen LogP contribution in [0.3, 0.4) is 0 Å². The zero-order valence-electron chi connectivity index (χ0n) is 14.3. The molecule has 2 nitrogen and oxygen atoms in total. The van der Waals surface area contributed by atoms with Gasteiger partial charge in [0, 0.05) is 18.6 Å². The van der Waals surface area contributed by atoms with Gasteiger partial charge in [-0.3, -0.25) is 4.90 Å². The Bertz CT molecular complexity index is 435. The second-order valence-electron chi connectivity index (χ2n) is 6.50. The zero-order valence-corrected chi connectivity index (χ0v) is 14.3. The Hall–Kier alpha value is -0.860. The summed E-state index contributed by atoms with van der Waals surface area (Å²) in [4.78, 5) is 2.69. The Labute approximate surface area is 130 Å². The molecule has 1 N–H and O–H groups in total. The summed E-state index contributed by atoms with van der Waals surface area (Å²) in [6, 6.07) is 8.14. The zero-order chi connectivity index (χ0) is 15.2. The molecule has 0 heterocycles. The number of benzene rings is 1. The molecule has 2 rings (SSSR count). The van der Waals surface area contributed by atoms with Crippen molar-refractivity contribution < 1.29 is 0 Å². The molecule has 1 saturated carbocycles. The number of aryl methyl sites for hydroxylation is 2. The fourth-order valence-electron chi connectivity index (χ4n) is 3.78. The fraction of sp³-hybridized carbons (Fsp3) is 0.684. The first-order valence-corrected chi connectivity index (χ1v) is 8.70. The largest absolute Gasteiger partial charge is 0.309 e. The van der Waals surface area contributed by atoms with Crippen molar-refractivity contribution in [1.29, 1.82) is 0 Å². The maximum atomic E-state index is 3.71. The van der Waals surface area contributed by atoms with Crippen molar-refractivity contribution in [2.24, 2.45) is 0 Å². The van der Waals surface area contributed by atoms with Gasteiger partial charge in [-0.05, 0) is 50.9 Å². The molecule has 0 spiro atoms. The maximum Gasteiger partial charge on any atom is 0.0451 e. The molecule has 0 bridgehead atoms. The van der Waals surface area contributed by atoms with Gasteiger partial charge in [0.25, 0.3) is 0 Å². The van der Waals surface area contributed by atoms with Gasteiger partial charge >= 0.3 is 0 Å². The molecular weight excluding hydrogens is 256 g/mol. The van der Waals surface area contributed by atoms with E-state index in [2.05, 4.69) is 56.1 Å². The summed E-state index contributed by atoms with van der Waals surface area (Å²) < 4.78 is 0. The highest BCUT2D eigenvalue weighted by molar-refractivity contribution is 5.33. The SMILES string of the molecule is CCNC(CN(CC)C1CCCC1)c1ccc(C)cc1C. The lowest BCUT2D eigenvalue weighted by molar-refractivity contribution is 0.187. The van der Waals surface area contributed by atoms with Crippen LogP contribution in [0.15, 0.2) is 18.2 Å². The second kappa shape index (κ2) is 7.95. The monoisotopic (exact) mass is 288 g/mol. The Kier molecular flexibility index (Phi) is 6.25. The predicted molar refractivity (Wildman–Crippen MR) is 91.8 cm³/mol. The molecule has 2 heteroatoms. The van der Waals surface area contributed by atoms with Crippen molar-refractivity contribution >= 4 is 0 Å². The van der Waals surface area contributed by atoms with Crippen molar-refractivity contribution in [2.75, 3.05) is 19.6 Å². The molecule has 0 radical (unpaired) electrons. The van der Waals surface area contributed by atoms with E-state index in [1.807, 2.05) is 0 Å². The van der Waals surface area contributed by atoms with Crippen molar-refractivity contribution in [3.63, 3.8) is 0 Å². The van der Waals surface area contributed by atoms with Gasteiger partial charge in [-0.2, -0.15) is 0 Å². The van der Waals surface area contributed by atoms with E-state index in [0.717, 1.165) is 25.7 Å². The molecule has 21 heavy (non-hydrogen) atoms. The minimum atomic E-state index is 0.455. The van der Waals surface area contributed by atoms with Crippen LogP contribution in [0.2, 0.25) is 0 Å². The summed E-state index contributed by atoms with van der Waals surface area (Å²) in [5.41, 5.74) is 4.25. The smallest absolute Gasteiger partial charge is 0.0451 e. The molecule has 0 aliphatic heterocycles. The van der Waals surface area contributed by atoms with Crippen LogP contribution in [-0.4, -0.2) is 30.6 Å². The standard InChI is InChI=1S/C19H32N2/c1-5-20-19(18-12-11-15(3)13-16(18)4)14-21(6-2)17-9-7-8-10-17/h11-13,17,19-20H,5-10,14H2,1-4H3. The number of hydrogen-bond acceptors (Lipinski definition) is 2. The molecule has 1 aromatic carbocycles. The average Bonchev–Trinajstić information content (AvgIpc) is 2.98. The normalized spacial score (nSPS) is 17.6. The fourth-order valence-corrected chi connectivity index (χ4v) is 3.78. The van der Waals surface area contributed by atoms with Gasteiger partial charge < -0.3 is 5.32 Å². The van der Waals surface area contributed by atoms with Crippen LogP contribution < -0.4 is 5.32 Å². The lowest BCUT2D eigenvalue weighted by Crippen LogP contribution is -2.40. The Balaban J connectivity index is 2.13. The van der Waals surface area contributed by atoms with E-state index in [1.54, 1.807) is 0 Å². The molecule has 1 aliphatic rings. The lowest BCUT2D eigenvalue weighted by Gasteiger charge is -2.32. The summed E-state index contributed by atoms with van der Waals surface area (Å²) in [6.07, 6.45) is 5.60. The van der Waals surface area contributed by atoms with Crippen molar-refractivity contribution in [3.8, 4) is 0 Å². The third kappa shape index (κ3) is 4.31. The first kappa shape index (κ1) is 16.5. The van der Waals surface area contributed by atoms with Crippen LogP contribution in [0.1, 0.15) is 62.3 Å². The van der Waals surface area contributed by atoms with Gasteiger partial charge in [-0.25, -0.2) is 0 Å². The first-order chi connectivity index (χ1) is 10.2. The Morgan fingerprint density at radius 3 is 2.48 bits per heavy atom. The van der Waals surface area contributed by atoms with Crippen LogP contribution in [0.5, 0.6) is 0 Å². The van der Waals surface area contributed by atoms with Crippen molar-refractivity contribution in [3.05, 3.63) is 34.9 Å². The van der Waals surface area contributed by atoms with E-state index >= 15 is 0 Å². The van der Waals surface area contributed by atoms with Crippen molar-refractivity contribution in [2.45, 2.75) is 65.5 Å². The van der Waals surface area contributed by atoms with E-state index < -0.39 is 0 Å². The summed E-state index contributed by atoms with van der Waals surface area (Å²) in [5.74, 6) is 0. The molecule has 1 atom stereocenters. The van der Waals surface area contributed by atoms with Gasteiger partial charge in [0.15, 0.2) is 0 Å². The summed E-state index contributed by atoms with van der Waals surface area (Å²) in [5, 5.41) is 3.71. The molecular formula is C19H32N2. The average molecular weight is 288 g/mol. The first-order valence-electron chi connectivity index (χ1n) is 8.70. The number of nitrogens with one attached hydrogen (secondary N) is 1. The van der Waals surface area contributed by atoms with E-state index in [9.17, 15) is 0 Å². The van der Waals surface area contributed by atoms with E-state index in [-0.39, 0.29) is 0 Å². The highest BCUT2D eigenvalue weighted by Gasteiger charge is 2.24. The van der Waals surface area contributed by atoms with Gasteiger partial charge in [0.05, 0.1) is 0 Å². The van der Waals surface area contributed by atoms with E-state index in [4.69, 9.17) is 0 Å². The Morgan fingerprint density at radius 2 is 1.90 bits per heavy atom. The maximum absolute atomic E-state index is 3.71. The summed E-state index contributed by atoms with van der Waals surface area (Å²) in [6.45, 7) is 12.3. The summed E-state index contributed by atoms with van der Waals surface area (Å²) in [7, 11) is 0. The molecule has 1 fully saturated rings. The van der Waals surface area contributed by atoms with Gasteiger partial charge in [-0.15, -0.1) is 0 Å². The van der Waals surface area contributed by atoms with Crippen LogP contribution in [0, 0.1) is 13.8 Å². The third-order valence-corrected chi connectivity index (χ3v) is 4.92. The minimum absolute atomic E-state index is 0.455. The summed E-state index contributed by atoms with van der Waals surface area (Å²) >= 11 is 0. The highest BCUT2D eigenvalue weighted by Crippen LogP contribution is 2.26. The predicted octanol–water partition coefficient (Wildman–Crippen LogP) is 4.22. The molecule has 1 aliphatic carbocycles. The van der Waals surface area contributed by atoms with Crippen LogP contribution >= 0.6 is 0 Å². The lowest BCUT2D eigenvalue weighted by atomic mass is 9.98. The van der Waals surface area contributed by atoms with Crippen LogP contribution in [0.4, 0.5) is 0 Å². The minimum Gasteiger partial charge on any atom is -0.309 e. The topological polar surface area (TPSA) is 15.3 Å². The number of rotatable bonds is 7. The molecule has 118 valence electrons. The second-order valence-corrected chi connectivity index (χ2v) is 6.50. The van der Waals surface area contributed by atoms with Crippen LogP contribution in [0.25, 0.3) is 0 Å². The molecule has 1 aromatic rings. The quantitative estimate of drug-likeness (QED) is 0.808. The Morgan fingerprint density at radius 1 is 1.19 bits per heavy atom. The third-order valence-electron chi connectivity index (χ3n) is 4.92. The van der Waals surface area contributed by atoms with E-state index in [0.29, 0.717) is 6.04 Å². The highest BCUT2D eigenvalue weighted by atomic mass is 15.2. The van der Waals surface area contributed by atoms with Crippen molar-refractivity contribution in [1.82, 2.24) is 10.2 Å². The van der Waals surface area contributed by atoms with E-state index in [1.165, 1.54) is 42.4 Å². The van der Waals surface area contributed by atoms with Gasteiger partial charge in [0.1, 0.15) is 0 Å². The van der Waals surface area contributed by atoms with Crippen LogP contribution in [-0.2, 0) is 0 Å². The molecule has 0 amide bonds. The molecule has 0 aromatic heterocycles. The number of hydrogen-bond donors (Lipinski definition) is 1. The number of nitrogens with zero attached hydrogens (tertiary/aromatic N) is 1.